The number of nitrogens with zero attached hydrogens (tertiary/aromatic N) is 3. The van der Waals surface area contributed by atoms with Crippen LogP contribution < -0.4 is 10.6 Å². The number of imidazole rings is 1. The van der Waals surface area contributed by atoms with Crippen molar-refractivity contribution in [3.05, 3.63) is 6.33 Å². The molecular formula is C11H16N6O. The highest BCUT2D eigenvalue weighted by Crippen LogP contribution is 2.35. The lowest BCUT2D eigenvalue weighted by atomic mass is 9.77. The molecule has 18 heavy (non-hydrogen) atoms. The van der Waals surface area contributed by atoms with Crippen LogP contribution in [-0.2, 0) is 0 Å². The van der Waals surface area contributed by atoms with Gasteiger partial charge in [-0.05, 0) is 19.3 Å². The summed E-state index contributed by atoms with van der Waals surface area (Å²) in [4.78, 5) is 15.8. The fourth-order valence-electron chi connectivity index (χ4n) is 2.21. The number of fused-ring (bicyclic) bond motifs is 1. The van der Waals surface area contributed by atoms with Gasteiger partial charge in [0.15, 0.2) is 11.5 Å². The second-order valence-corrected chi connectivity index (χ2v) is 4.66. The van der Waals surface area contributed by atoms with E-state index in [1.54, 1.807) is 13.4 Å². The molecule has 0 unspecified atom stereocenters. The number of aromatic amines is 1. The van der Waals surface area contributed by atoms with E-state index in [0.717, 1.165) is 24.8 Å². The van der Waals surface area contributed by atoms with Crippen molar-refractivity contribution in [3.63, 3.8) is 0 Å². The Kier molecular flexibility index (Phi) is 2.55. The first kappa shape index (κ1) is 11.2. The molecule has 1 fully saturated rings. The van der Waals surface area contributed by atoms with E-state index < -0.39 is 0 Å². The topological polar surface area (TPSA) is 98.8 Å². The summed E-state index contributed by atoms with van der Waals surface area (Å²) in [5.41, 5.74) is 1.15. The highest BCUT2D eigenvalue weighted by Gasteiger charge is 2.37. The Morgan fingerprint density at radius 3 is 2.89 bits per heavy atom. The summed E-state index contributed by atoms with van der Waals surface area (Å²) in [6.07, 6.45) is 4.63. The van der Waals surface area contributed by atoms with Crippen molar-refractivity contribution < 1.29 is 5.11 Å². The van der Waals surface area contributed by atoms with E-state index in [-0.39, 0.29) is 12.1 Å². The van der Waals surface area contributed by atoms with E-state index in [4.69, 9.17) is 0 Å². The first-order valence-corrected chi connectivity index (χ1v) is 6.04. The minimum atomic E-state index is -0.239. The van der Waals surface area contributed by atoms with Gasteiger partial charge in [0, 0.05) is 7.05 Å². The molecule has 2 aromatic rings. The van der Waals surface area contributed by atoms with Crippen LogP contribution in [0, 0.1) is 0 Å². The van der Waals surface area contributed by atoms with Gasteiger partial charge in [-0.2, -0.15) is 9.97 Å². The second-order valence-electron chi connectivity index (χ2n) is 4.66. The van der Waals surface area contributed by atoms with Crippen molar-refractivity contribution in [2.24, 2.45) is 0 Å². The van der Waals surface area contributed by atoms with Gasteiger partial charge in [-0.25, -0.2) is 4.98 Å². The molecule has 4 N–H and O–H groups in total. The molecule has 96 valence electrons. The first-order valence-electron chi connectivity index (χ1n) is 6.04. The molecule has 0 spiro atoms. The summed E-state index contributed by atoms with van der Waals surface area (Å²) in [6.45, 7) is 0.113. The number of anilines is 2. The van der Waals surface area contributed by atoms with Crippen LogP contribution in [-0.4, -0.2) is 44.2 Å². The van der Waals surface area contributed by atoms with Crippen molar-refractivity contribution in [1.82, 2.24) is 19.9 Å². The Labute approximate surface area is 104 Å². The quantitative estimate of drug-likeness (QED) is 0.636. The number of rotatable bonds is 4. The van der Waals surface area contributed by atoms with Crippen LogP contribution in [0.5, 0.6) is 0 Å². The number of aliphatic hydroxyl groups excluding tert-OH is 1. The number of aliphatic hydroxyl groups is 1. The van der Waals surface area contributed by atoms with Crippen LogP contribution in [0.3, 0.4) is 0 Å². The fourth-order valence-corrected chi connectivity index (χ4v) is 2.21. The van der Waals surface area contributed by atoms with Crippen molar-refractivity contribution >= 4 is 22.9 Å². The summed E-state index contributed by atoms with van der Waals surface area (Å²) in [5, 5.41) is 15.7. The third kappa shape index (κ3) is 1.67. The molecule has 0 aliphatic heterocycles. The van der Waals surface area contributed by atoms with Crippen LogP contribution in [0.25, 0.3) is 11.2 Å². The van der Waals surface area contributed by atoms with E-state index in [0.29, 0.717) is 17.4 Å². The molecule has 7 heteroatoms. The van der Waals surface area contributed by atoms with Gasteiger partial charge in [0.25, 0.3) is 0 Å². The third-order valence-electron chi connectivity index (χ3n) is 3.51. The van der Waals surface area contributed by atoms with Crippen LogP contribution >= 0.6 is 0 Å². The summed E-state index contributed by atoms with van der Waals surface area (Å²) in [6, 6.07) is 0. The minimum absolute atomic E-state index is 0.113. The summed E-state index contributed by atoms with van der Waals surface area (Å²) < 4.78 is 0. The molecule has 2 heterocycles. The van der Waals surface area contributed by atoms with Crippen LogP contribution in [0.1, 0.15) is 19.3 Å². The van der Waals surface area contributed by atoms with E-state index in [1.165, 1.54) is 0 Å². The molecule has 0 saturated heterocycles. The molecule has 3 rings (SSSR count). The lowest BCUT2D eigenvalue weighted by Crippen LogP contribution is -2.48. The molecule has 1 aliphatic rings. The Hall–Kier alpha value is -1.89. The SMILES string of the molecule is CNc1nc(NC2(CO)CCC2)c2[nH]cnc2n1. The standard InChI is InChI=1S/C11H16N6O/c1-12-10-15-8-7(13-6-14-8)9(16-10)17-11(5-18)3-2-4-11/h6,18H,2-5H2,1H3,(H3,12,13,14,15,16,17). The molecule has 0 bridgehead atoms. The maximum atomic E-state index is 9.50. The highest BCUT2D eigenvalue weighted by atomic mass is 16.3. The summed E-state index contributed by atoms with van der Waals surface area (Å²) in [5.74, 6) is 1.21. The van der Waals surface area contributed by atoms with Crippen molar-refractivity contribution in [2.75, 3.05) is 24.3 Å². The number of nitrogens with one attached hydrogen (secondary N) is 3. The van der Waals surface area contributed by atoms with E-state index in [1.807, 2.05) is 0 Å². The number of hydrogen-bond acceptors (Lipinski definition) is 6. The summed E-state index contributed by atoms with van der Waals surface area (Å²) >= 11 is 0. The molecule has 2 aromatic heterocycles. The van der Waals surface area contributed by atoms with E-state index in [2.05, 4.69) is 30.6 Å². The van der Waals surface area contributed by atoms with Crippen LogP contribution in [0.2, 0.25) is 0 Å². The number of hydrogen-bond donors (Lipinski definition) is 4. The molecule has 1 aliphatic carbocycles. The zero-order valence-corrected chi connectivity index (χ0v) is 10.2. The zero-order chi connectivity index (χ0) is 12.6. The summed E-state index contributed by atoms with van der Waals surface area (Å²) in [7, 11) is 1.77. The Morgan fingerprint density at radius 2 is 2.28 bits per heavy atom. The average molecular weight is 248 g/mol. The maximum absolute atomic E-state index is 9.50. The minimum Gasteiger partial charge on any atom is -0.394 e. The molecule has 1 saturated carbocycles. The number of H-pyrrole nitrogens is 1. The van der Waals surface area contributed by atoms with Crippen molar-refractivity contribution in [2.45, 2.75) is 24.8 Å². The van der Waals surface area contributed by atoms with Gasteiger partial charge in [0.05, 0.1) is 18.5 Å². The Morgan fingerprint density at radius 1 is 1.44 bits per heavy atom. The molecule has 0 atom stereocenters. The zero-order valence-electron chi connectivity index (χ0n) is 10.2. The first-order chi connectivity index (χ1) is 8.76. The van der Waals surface area contributed by atoms with Crippen molar-refractivity contribution in [3.8, 4) is 0 Å². The maximum Gasteiger partial charge on any atom is 0.226 e. The van der Waals surface area contributed by atoms with E-state index >= 15 is 0 Å². The van der Waals surface area contributed by atoms with Gasteiger partial charge in [0.2, 0.25) is 5.95 Å². The third-order valence-corrected chi connectivity index (χ3v) is 3.51. The number of aromatic nitrogens is 4. The predicted octanol–water partition coefficient (Wildman–Crippen LogP) is 0.721. The van der Waals surface area contributed by atoms with Gasteiger partial charge >= 0.3 is 0 Å². The average Bonchev–Trinajstić information content (AvgIpc) is 2.81. The predicted molar refractivity (Wildman–Crippen MR) is 68.5 cm³/mol. The van der Waals surface area contributed by atoms with E-state index in [9.17, 15) is 5.11 Å². The molecule has 0 amide bonds. The van der Waals surface area contributed by atoms with Gasteiger partial charge in [-0.3, -0.25) is 0 Å². The molecular weight excluding hydrogens is 232 g/mol. The van der Waals surface area contributed by atoms with Gasteiger partial charge in [-0.1, -0.05) is 0 Å². The van der Waals surface area contributed by atoms with Crippen molar-refractivity contribution in [1.29, 1.82) is 0 Å². The molecule has 7 nitrogen and oxygen atoms in total. The molecule has 0 radical (unpaired) electrons. The fraction of sp³-hybridized carbons (Fsp3) is 0.545. The molecule has 0 aromatic carbocycles. The van der Waals surface area contributed by atoms with Gasteiger partial charge < -0.3 is 20.7 Å². The smallest absolute Gasteiger partial charge is 0.226 e. The normalized spacial score (nSPS) is 17.4. The van der Waals surface area contributed by atoms with Crippen LogP contribution in [0.15, 0.2) is 6.33 Å². The Balaban J connectivity index is 2.01. The monoisotopic (exact) mass is 248 g/mol. The second kappa shape index (κ2) is 4.09. The van der Waals surface area contributed by atoms with Gasteiger partial charge in [0.1, 0.15) is 5.52 Å². The Bertz CT molecular complexity index is 556. The lowest BCUT2D eigenvalue weighted by molar-refractivity contribution is 0.144. The lowest BCUT2D eigenvalue weighted by Gasteiger charge is -2.41. The van der Waals surface area contributed by atoms with Gasteiger partial charge in [-0.15, -0.1) is 0 Å². The highest BCUT2D eigenvalue weighted by molar-refractivity contribution is 5.84. The van der Waals surface area contributed by atoms with Crippen LogP contribution in [0.4, 0.5) is 11.8 Å². The largest absolute Gasteiger partial charge is 0.394 e.